The third kappa shape index (κ3) is 5.45. The van der Waals surface area contributed by atoms with Gasteiger partial charge in [0.15, 0.2) is 0 Å². The SMILES string of the molecule is O=C(CCN1CCN(c2ccc(F)cc2)CC1)Nc1ccc(C(F)(F)F)cc1. The van der Waals surface area contributed by atoms with Crippen molar-refractivity contribution in [2.24, 2.45) is 0 Å². The van der Waals surface area contributed by atoms with Crippen LogP contribution in [0.25, 0.3) is 0 Å². The largest absolute Gasteiger partial charge is 0.416 e. The van der Waals surface area contributed by atoms with Crippen molar-refractivity contribution in [3.63, 3.8) is 0 Å². The molecule has 3 rings (SSSR count). The third-order valence-corrected chi connectivity index (χ3v) is 4.72. The molecule has 2 aromatic rings. The second-order valence-electron chi connectivity index (χ2n) is 6.68. The van der Waals surface area contributed by atoms with Gasteiger partial charge in [0.1, 0.15) is 5.82 Å². The summed E-state index contributed by atoms with van der Waals surface area (Å²) in [5, 5.41) is 2.62. The van der Waals surface area contributed by atoms with Crippen molar-refractivity contribution in [2.75, 3.05) is 42.9 Å². The van der Waals surface area contributed by atoms with Crippen LogP contribution in [0.4, 0.5) is 28.9 Å². The Balaban J connectivity index is 1.41. The number of carbonyl (C=O) groups is 1. The van der Waals surface area contributed by atoms with Gasteiger partial charge in [-0.3, -0.25) is 9.69 Å². The van der Waals surface area contributed by atoms with Gasteiger partial charge in [-0.15, -0.1) is 0 Å². The van der Waals surface area contributed by atoms with E-state index >= 15 is 0 Å². The lowest BCUT2D eigenvalue weighted by atomic mass is 10.2. The molecule has 150 valence electrons. The molecule has 1 fully saturated rings. The summed E-state index contributed by atoms with van der Waals surface area (Å²) in [4.78, 5) is 16.4. The van der Waals surface area contributed by atoms with Crippen LogP contribution >= 0.6 is 0 Å². The normalized spacial score (nSPS) is 15.5. The molecular weight excluding hydrogens is 374 g/mol. The van der Waals surface area contributed by atoms with Gasteiger partial charge in [0.05, 0.1) is 5.56 Å². The zero-order valence-corrected chi connectivity index (χ0v) is 15.2. The van der Waals surface area contributed by atoms with Gasteiger partial charge in [-0.1, -0.05) is 0 Å². The number of nitrogens with one attached hydrogen (secondary N) is 1. The molecule has 28 heavy (non-hydrogen) atoms. The minimum Gasteiger partial charge on any atom is -0.369 e. The van der Waals surface area contributed by atoms with Crippen LogP contribution in [0.2, 0.25) is 0 Å². The second kappa shape index (κ2) is 8.60. The Labute approximate surface area is 160 Å². The number of hydrogen-bond donors (Lipinski definition) is 1. The summed E-state index contributed by atoms with van der Waals surface area (Å²) in [6, 6.07) is 10.8. The van der Waals surface area contributed by atoms with Crippen LogP contribution in [0.15, 0.2) is 48.5 Å². The molecule has 0 aromatic heterocycles. The molecule has 0 aliphatic carbocycles. The highest BCUT2D eigenvalue weighted by molar-refractivity contribution is 5.90. The van der Waals surface area contributed by atoms with Crippen LogP contribution in [-0.4, -0.2) is 43.5 Å². The minimum atomic E-state index is -4.39. The summed E-state index contributed by atoms with van der Waals surface area (Å²) < 4.78 is 50.7. The molecule has 0 bridgehead atoms. The molecule has 0 radical (unpaired) electrons. The number of benzene rings is 2. The lowest BCUT2D eigenvalue weighted by Crippen LogP contribution is -2.47. The first kappa shape index (κ1) is 20.1. The summed E-state index contributed by atoms with van der Waals surface area (Å²) >= 11 is 0. The zero-order valence-electron chi connectivity index (χ0n) is 15.2. The number of halogens is 4. The highest BCUT2D eigenvalue weighted by Crippen LogP contribution is 2.29. The van der Waals surface area contributed by atoms with E-state index in [0.717, 1.165) is 44.0 Å². The van der Waals surface area contributed by atoms with E-state index < -0.39 is 11.7 Å². The quantitative estimate of drug-likeness (QED) is 0.778. The summed E-state index contributed by atoms with van der Waals surface area (Å²) in [6.45, 7) is 3.71. The molecule has 1 aliphatic rings. The Bertz CT molecular complexity index is 783. The van der Waals surface area contributed by atoms with Crippen molar-refractivity contribution < 1.29 is 22.4 Å². The van der Waals surface area contributed by atoms with Crippen molar-refractivity contribution in [2.45, 2.75) is 12.6 Å². The number of amides is 1. The molecule has 1 heterocycles. The number of alkyl halides is 3. The van der Waals surface area contributed by atoms with Gasteiger partial charge in [-0.05, 0) is 48.5 Å². The number of nitrogens with zero attached hydrogens (tertiary/aromatic N) is 2. The van der Waals surface area contributed by atoms with Crippen molar-refractivity contribution in [1.82, 2.24) is 4.90 Å². The van der Waals surface area contributed by atoms with E-state index in [-0.39, 0.29) is 18.1 Å². The maximum atomic E-state index is 13.0. The predicted octanol–water partition coefficient (Wildman–Crippen LogP) is 4.00. The maximum Gasteiger partial charge on any atom is 0.416 e. The van der Waals surface area contributed by atoms with Crippen LogP contribution in [0, 0.1) is 5.82 Å². The first-order valence-electron chi connectivity index (χ1n) is 9.01. The molecule has 0 saturated carbocycles. The number of anilines is 2. The molecular formula is C20H21F4N3O. The predicted molar refractivity (Wildman–Crippen MR) is 99.7 cm³/mol. The first-order valence-corrected chi connectivity index (χ1v) is 9.01. The van der Waals surface area contributed by atoms with E-state index in [1.165, 1.54) is 24.3 Å². The summed E-state index contributed by atoms with van der Waals surface area (Å²) in [5.74, 6) is -0.498. The van der Waals surface area contributed by atoms with Gasteiger partial charge in [0.25, 0.3) is 0 Å². The van der Waals surface area contributed by atoms with E-state index in [1.54, 1.807) is 12.1 Å². The fourth-order valence-electron chi connectivity index (χ4n) is 3.11. The lowest BCUT2D eigenvalue weighted by Gasteiger charge is -2.36. The van der Waals surface area contributed by atoms with E-state index in [2.05, 4.69) is 15.1 Å². The van der Waals surface area contributed by atoms with Crippen LogP contribution in [0.5, 0.6) is 0 Å². The molecule has 2 aromatic carbocycles. The van der Waals surface area contributed by atoms with E-state index in [9.17, 15) is 22.4 Å². The van der Waals surface area contributed by atoms with Gasteiger partial charge < -0.3 is 10.2 Å². The number of piperazine rings is 1. The van der Waals surface area contributed by atoms with Gasteiger partial charge >= 0.3 is 6.18 Å². The Hall–Kier alpha value is -2.61. The van der Waals surface area contributed by atoms with Crippen molar-refractivity contribution in [3.8, 4) is 0 Å². The molecule has 1 amide bonds. The van der Waals surface area contributed by atoms with E-state index in [0.29, 0.717) is 12.2 Å². The number of hydrogen-bond acceptors (Lipinski definition) is 3. The van der Waals surface area contributed by atoms with Crippen LogP contribution in [0.1, 0.15) is 12.0 Å². The van der Waals surface area contributed by atoms with Crippen LogP contribution in [-0.2, 0) is 11.0 Å². The van der Waals surface area contributed by atoms with Gasteiger partial charge in [0, 0.05) is 50.5 Å². The molecule has 8 heteroatoms. The number of carbonyl (C=O) groups excluding carboxylic acids is 1. The van der Waals surface area contributed by atoms with E-state index in [4.69, 9.17) is 0 Å². The van der Waals surface area contributed by atoms with Crippen LogP contribution < -0.4 is 10.2 Å². The fraction of sp³-hybridized carbons (Fsp3) is 0.350. The van der Waals surface area contributed by atoms with Crippen LogP contribution in [0.3, 0.4) is 0 Å². The topological polar surface area (TPSA) is 35.6 Å². The monoisotopic (exact) mass is 395 g/mol. The minimum absolute atomic E-state index is 0.235. The molecule has 1 aliphatic heterocycles. The molecule has 0 spiro atoms. The fourth-order valence-corrected chi connectivity index (χ4v) is 3.11. The Morgan fingerprint density at radius 1 is 0.929 bits per heavy atom. The first-order chi connectivity index (χ1) is 13.3. The zero-order chi connectivity index (χ0) is 20.1. The average molecular weight is 395 g/mol. The molecule has 1 saturated heterocycles. The Morgan fingerprint density at radius 2 is 1.54 bits per heavy atom. The van der Waals surface area contributed by atoms with Gasteiger partial charge in [-0.25, -0.2) is 4.39 Å². The van der Waals surface area contributed by atoms with Gasteiger partial charge in [-0.2, -0.15) is 13.2 Å². The summed E-state index contributed by atoms with van der Waals surface area (Å²) in [7, 11) is 0. The highest BCUT2D eigenvalue weighted by atomic mass is 19.4. The van der Waals surface area contributed by atoms with Crippen molar-refractivity contribution >= 4 is 17.3 Å². The summed E-state index contributed by atoms with van der Waals surface area (Å²) in [5.41, 5.74) is 0.574. The second-order valence-corrected chi connectivity index (χ2v) is 6.68. The smallest absolute Gasteiger partial charge is 0.369 e. The summed E-state index contributed by atoms with van der Waals surface area (Å²) in [6.07, 6.45) is -4.13. The third-order valence-electron chi connectivity index (χ3n) is 4.72. The highest BCUT2D eigenvalue weighted by Gasteiger charge is 2.30. The Morgan fingerprint density at radius 3 is 2.11 bits per heavy atom. The lowest BCUT2D eigenvalue weighted by molar-refractivity contribution is -0.137. The van der Waals surface area contributed by atoms with Gasteiger partial charge in [0.2, 0.25) is 5.91 Å². The average Bonchev–Trinajstić information content (AvgIpc) is 2.67. The number of rotatable bonds is 5. The molecule has 1 N–H and O–H groups in total. The van der Waals surface area contributed by atoms with E-state index in [1.807, 2.05) is 0 Å². The maximum absolute atomic E-state index is 13.0. The molecule has 0 atom stereocenters. The Kier molecular flexibility index (Phi) is 6.18. The van der Waals surface area contributed by atoms with Crippen molar-refractivity contribution in [3.05, 3.63) is 59.9 Å². The standard InChI is InChI=1S/C20H21F4N3O/c21-16-3-7-18(8-4-16)27-13-11-26(12-14-27)10-9-19(28)25-17-5-1-15(2-6-17)20(22,23)24/h1-8H,9-14H2,(H,25,28). The molecule has 4 nitrogen and oxygen atoms in total. The van der Waals surface area contributed by atoms with Crippen molar-refractivity contribution in [1.29, 1.82) is 0 Å². The molecule has 0 unspecified atom stereocenters.